The molecule has 13 heteroatoms. The van der Waals surface area contributed by atoms with Crippen LogP contribution in [0.1, 0.15) is 18.4 Å². The number of nitrogens with zero attached hydrogens (tertiary/aromatic N) is 5. The molecule has 1 aromatic carbocycles. The molecule has 0 spiro atoms. The molecule has 0 atom stereocenters. The average Bonchev–Trinajstić information content (AvgIpc) is 3.24. The zero-order valence-corrected chi connectivity index (χ0v) is 21.9. The van der Waals surface area contributed by atoms with Gasteiger partial charge in [0.1, 0.15) is 34.5 Å². The van der Waals surface area contributed by atoms with Gasteiger partial charge in [-0.05, 0) is 37.1 Å². The summed E-state index contributed by atoms with van der Waals surface area (Å²) in [5.74, 6) is 3.41. The first kappa shape index (κ1) is 26.4. The monoisotopic (exact) mass is 536 g/mol. The van der Waals surface area contributed by atoms with Gasteiger partial charge in [-0.3, -0.25) is 4.57 Å². The van der Waals surface area contributed by atoms with Gasteiger partial charge in [0.25, 0.3) is 0 Å². The van der Waals surface area contributed by atoms with Crippen molar-refractivity contribution < 1.29 is 19.3 Å². The van der Waals surface area contributed by atoms with Gasteiger partial charge in [-0.1, -0.05) is 12.1 Å². The van der Waals surface area contributed by atoms with Crippen molar-refractivity contribution in [1.29, 1.82) is 0 Å². The predicted octanol–water partition coefficient (Wildman–Crippen LogP) is 3.12. The standard InChI is InChI=1S/C25H28N8O4S/c1-4-37-22-10-5-7-16(30-22)25-31-24(27)17(33(25)23-18(35-2)8-6-9-19(23)36-3)11-20(26)32-38-14-21-28-12-15(34)13-29-21/h5-13,32,34H,4,14,26-27H2,1-3H3/b20-11+. The lowest BCUT2D eigenvalue weighted by molar-refractivity contribution is 0.327. The number of para-hydroxylation sites is 1. The highest BCUT2D eigenvalue weighted by Crippen LogP contribution is 2.38. The summed E-state index contributed by atoms with van der Waals surface area (Å²) in [5.41, 5.74) is 14.3. The Morgan fingerprint density at radius 2 is 1.76 bits per heavy atom. The van der Waals surface area contributed by atoms with Crippen LogP contribution in [-0.2, 0) is 5.75 Å². The Morgan fingerprint density at radius 3 is 2.42 bits per heavy atom. The molecule has 0 unspecified atom stereocenters. The van der Waals surface area contributed by atoms with E-state index in [4.69, 9.17) is 25.7 Å². The van der Waals surface area contributed by atoms with Crippen LogP contribution in [-0.4, -0.2) is 50.4 Å². The lowest BCUT2D eigenvalue weighted by atomic mass is 10.2. The van der Waals surface area contributed by atoms with E-state index in [9.17, 15) is 5.11 Å². The number of ether oxygens (including phenoxy) is 3. The third-order valence-electron chi connectivity index (χ3n) is 5.19. The summed E-state index contributed by atoms with van der Waals surface area (Å²) in [6.45, 7) is 2.36. The Labute approximate surface area is 223 Å². The molecule has 6 N–H and O–H groups in total. The van der Waals surface area contributed by atoms with Crippen molar-refractivity contribution in [1.82, 2.24) is 29.2 Å². The van der Waals surface area contributed by atoms with Gasteiger partial charge in [-0.2, -0.15) is 0 Å². The highest BCUT2D eigenvalue weighted by atomic mass is 32.2. The number of aromatic nitrogens is 5. The minimum Gasteiger partial charge on any atom is -0.505 e. The van der Waals surface area contributed by atoms with Crippen molar-refractivity contribution in [3.05, 3.63) is 66.1 Å². The lowest BCUT2D eigenvalue weighted by Gasteiger charge is -2.18. The quantitative estimate of drug-likeness (QED) is 0.207. The summed E-state index contributed by atoms with van der Waals surface area (Å²) < 4.78 is 21.8. The fourth-order valence-electron chi connectivity index (χ4n) is 3.59. The molecule has 0 amide bonds. The third kappa shape index (κ3) is 5.83. The second kappa shape index (κ2) is 12.1. The molecule has 0 radical (unpaired) electrons. The van der Waals surface area contributed by atoms with Gasteiger partial charge in [0.15, 0.2) is 17.4 Å². The smallest absolute Gasteiger partial charge is 0.213 e. The molecule has 0 saturated carbocycles. The maximum Gasteiger partial charge on any atom is 0.213 e. The van der Waals surface area contributed by atoms with Crippen LogP contribution < -0.4 is 30.4 Å². The Kier molecular flexibility index (Phi) is 8.38. The van der Waals surface area contributed by atoms with E-state index < -0.39 is 0 Å². The number of hydrogen-bond donors (Lipinski definition) is 4. The van der Waals surface area contributed by atoms with Crippen LogP contribution in [0.4, 0.5) is 5.82 Å². The fraction of sp³-hybridized carbons (Fsp3) is 0.200. The van der Waals surface area contributed by atoms with E-state index in [1.807, 2.05) is 37.3 Å². The number of anilines is 1. The predicted molar refractivity (Wildman–Crippen MR) is 146 cm³/mol. The molecule has 0 aliphatic carbocycles. The van der Waals surface area contributed by atoms with Crippen LogP contribution in [0.3, 0.4) is 0 Å². The van der Waals surface area contributed by atoms with E-state index in [-0.39, 0.29) is 11.6 Å². The molecule has 38 heavy (non-hydrogen) atoms. The molecule has 3 aromatic heterocycles. The first-order valence-electron chi connectivity index (χ1n) is 11.5. The number of benzene rings is 1. The first-order valence-corrected chi connectivity index (χ1v) is 12.5. The van der Waals surface area contributed by atoms with E-state index in [1.54, 1.807) is 30.9 Å². The number of imidazole rings is 1. The summed E-state index contributed by atoms with van der Waals surface area (Å²) in [4.78, 5) is 17.4. The van der Waals surface area contributed by atoms with Gasteiger partial charge < -0.3 is 35.5 Å². The number of pyridine rings is 1. The van der Waals surface area contributed by atoms with Crippen LogP contribution in [0, 0.1) is 0 Å². The normalized spacial score (nSPS) is 11.3. The summed E-state index contributed by atoms with van der Waals surface area (Å²) >= 11 is 1.27. The number of aromatic hydroxyl groups is 1. The fourth-order valence-corrected chi connectivity index (χ4v) is 4.17. The highest BCUT2D eigenvalue weighted by Gasteiger charge is 2.24. The number of rotatable bonds is 11. The van der Waals surface area contributed by atoms with Gasteiger partial charge >= 0.3 is 0 Å². The minimum absolute atomic E-state index is 0.00119. The number of methoxy groups -OCH3 is 2. The zero-order valence-electron chi connectivity index (χ0n) is 21.1. The van der Waals surface area contributed by atoms with E-state index in [1.165, 1.54) is 24.3 Å². The van der Waals surface area contributed by atoms with Crippen molar-refractivity contribution >= 4 is 23.8 Å². The molecule has 4 rings (SSSR count). The largest absolute Gasteiger partial charge is 0.505 e. The molecular formula is C25H28N8O4S. The topological polar surface area (TPSA) is 168 Å². The Balaban J connectivity index is 1.78. The van der Waals surface area contributed by atoms with Gasteiger partial charge in [0.05, 0.1) is 44.7 Å². The Morgan fingerprint density at radius 1 is 1.08 bits per heavy atom. The summed E-state index contributed by atoms with van der Waals surface area (Å²) in [6, 6.07) is 10.9. The highest BCUT2D eigenvalue weighted by molar-refractivity contribution is 7.96. The molecule has 3 heterocycles. The second-order valence-electron chi connectivity index (χ2n) is 7.69. The number of nitrogens with one attached hydrogen (secondary N) is 1. The van der Waals surface area contributed by atoms with Crippen molar-refractivity contribution in [3.8, 4) is 40.3 Å². The molecule has 0 fully saturated rings. The van der Waals surface area contributed by atoms with Crippen molar-refractivity contribution in [2.45, 2.75) is 12.7 Å². The summed E-state index contributed by atoms with van der Waals surface area (Å²) in [7, 11) is 3.14. The molecule has 198 valence electrons. The maximum absolute atomic E-state index is 9.36. The Bertz CT molecular complexity index is 1400. The molecule has 12 nitrogen and oxygen atoms in total. The molecule has 0 bridgehead atoms. The van der Waals surface area contributed by atoms with Crippen molar-refractivity contribution in [2.24, 2.45) is 5.73 Å². The molecule has 0 saturated heterocycles. The number of nitrogens with two attached hydrogens (primary N) is 2. The summed E-state index contributed by atoms with van der Waals surface area (Å²) in [6.07, 6.45) is 4.32. The maximum atomic E-state index is 9.36. The Hall–Kier alpha value is -4.65. The third-order valence-corrected chi connectivity index (χ3v) is 5.97. The van der Waals surface area contributed by atoms with Gasteiger partial charge in [-0.25, -0.2) is 19.9 Å². The molecule has 0 aliphatic rings. The average molecular weight is 537 g/mol. The van der Waals surface area contributed by atoms with Crippen molar-refractivity contribution in [3.63, 3.8) is 0 Å². The molecular weight excluding hydrogens is 508 g/mol. The van der Waals surface area contributed by atoms with Crippen LogP contribution in [0.5, 0.6) is 23.1 Å². The minimum atomic E-state index is -0.00119. The SMILES string of the molecule is CCOc1cccc(-c2nc(N)c(/C=C(\N)NSCc3ncc(O)cn3)n2-c2c(OC)cccc2OC)n1. The zero-order chi connectivity index (χ0) is 27.1. The van der Waals surface area contributed by atoms with Crippen LogP contribution in [0.25, 0.3) is 23.3 Å². The summed E-state index contributed by atoms with van der Waals surface area (Å²) in [5, 5.41) is 9.36. The number of nitrogen functional groups attached to an aromatic ring is 1. The van der Waals surface area contributed by atoms with Crippen LogP contribution >= 0.6 is 11.9 Å². The van der Waals surface area contributed by atoms with E-state index in [2.05, 4.69) is 24.7 Å². The molecule has 0 aliphatic heterocycles. The van der Waals surface area contributed by atoms with E-state index in [0.717, 1.165) is 0 Å². The van der Waals surface area contributed by atoms with Gasteiger partial charge in [0.2, 0.25) is 5.88 Å². The van der Waals surface area contributed by atoms with E-state index in [0.29, 0.717) is 64.3 Å². The van der Waals surface area contributed by atoms with Crippen molar-refractivity contribution in [2.75, 3.05) is 26.6 Å². The van der Waals surface area contributed by atoms with Gasteiger partial charge in [-0.15, -0.1) is 0 Å². The van der Waals surface area contributed by atoms with E-state index >= 15 is 0 Å². The first-order chi connectivity index (χ1) is 18.4. The van der Waals surface area contributed by atoms with Crippen LogP contribution in [0.15, 0.2) is 54.6 Å². The second-order valence-corrected chi connectivity index (χ2v) is 8.48. The lowest BCUT2D eigenvalue weighted by Crippen LogP contribution is -2.14. The van der Waals surface area contributed by atoms with Gasteiger partial charge in [0, 0.05) is 12.1 Å². The number of hydrogen-bond acceptors (Lipinski definition) is 12. The van der Waals surface area contributed by atoms with Crippen LogP contribution in [0.2, 0.25) is 0 Å². The molecule has 4 aromatic rings.